The van der Waals surface area contributed by atoms with Crippen LogP contribution in [0.1, 0.15) is 30.4 Å². The molecule has 0 aliphatic carbocycles. The molecule has 5 nitrogen and oxygen atoms in total. The lowest BCUT2D eigenvalue weighted by Gasteiger charge is -2.28. The number of nitrogens with one attached hydrogen (secondary N) is 1. The van der Waals surface area contributed by atoms with Gasteiger partial charge in [-0.15, -0.1) is 0 Å². The van der Waals surface area contributed by atoms with Crippen LogP contribution in [-0.2, 0) is 19.8 Å². The van der Waals surface area contributed by atoms with E-state index in [1.165, 1.54) is 5.56 Å². The second-order valence-electron chi connectivity index (χ2n) is 6.76. The van der Waals surface area contributed by atoms with Crippen LogP contribution in [0.25, 0.3) is 6.08 Å². The van der Waals surface area contributed by atoms with Gasteiger partial charge >= 0.3 is 8.80 Å². The molecule has 1 heterocycles. The molecule has 1 aromatic carbocycles. The molecule has 1 aliphatic rings. The van der Waals surface area contributed by atoms with Crippen LogP contribution in [0, 0.1) is 0 Å². The van der Waals surface area contributed by atoms with Gasteiger partial charge in [-0.3, -0.25) is 4.99 Å². The van der Waals surface area contributed by atoms with Gasteiger partial charge in [-0.05, 0) is 43.0 Å². The molecule has 2 rings (SSSR count). The van der Waals surface area contributed by atoms with Crippen molar-refractivity contribution in [1.29, 1.82) is 0 Å². The third kappa shape index (κ3) is 6.22. The Morgan fingerprint density at radius 3 is 2.37 bits per heavy atom. The van der Waals surface area contributed by atoms with Crippen LogP contribution in [0.15, 0.2) is 48.0 Å². The minimum atomic E-state index is -2.51. The molecule has 0 spiro atoms. The Morgan fingerprint density at radius 1 is 1.11 bits per heavy atom. The molecule has 148 valence electrons. The molecule has 1 atom stereocenters. The van der Waals surface area contributed by atoms with Crippen molar-refractivity contribution in [1.82, 2.24) is 5.32 Å². The maximum absolute atomic E-state index is 5.52. The van der Waals surface area contributed by atoms with Crippen molar-refractivity contribution >= 4 is 21.1 Å². The summed E-state index contributed by atoms with van der Waals surface area (Å²) < 4.78 is 16.6. The number of benzene rings is 1. The molecular formula is C21H32N2O3Si. The zero-order chi connectivity index (χ0) is 19.6. The number of allylic oxidation sites excluding steroid dienone is 1. The fraction of sp³-hybridized carbons (Fsp3) is 0.476. The zero-order valence-electron chi connectivity index (χ0n) is 16.7. The van der Waals surface area contributed by atoms with Crippen LogP contribution in [0.3, 0.4) is 0 Å². The molecule has 27 heavy (non-hydrogen) atoms. The van der Waals surface area contributed by atoms with E-state index in [9.17, 15) is 0 Å². The summed E-state index contributed by atoms with van der Waals surface area (Å²) in [5, 5.41) is 3.53. The van der Waals surface area contributed by atoms with Crippen molar-refractivity contribution in [2.45, 2.75) is 37.4 Å². The third-order valence-electron chi connectivity index (χ3n) is 5.13. The third-order valence-corrected chi connectivity index (χ3v) is 7.96. The summed E-state index contributed by atoms with van der Waals surface area (Å²) in [5.41, 5.74) is 2.29. The Kier molecular flexibility index (Phi) is 8.59. The van der Waals surface area contributed by atoms with Gasteiger partial charge in [-0.25, -0.2) is 0 Å². The average Bonchev–Trinajstić information content (AvgIpc) is 3.18. The van der Waals surface area contributed by atoms with E-state index in [-0.39, 0.29) is 5.54 Å². The standard InChI is InChI=1S/C21H32N2O3Si/c1-5-19-8-10-20(11-9-19)18-22-16-14-21(12-6-15-23-21)13-7-17-27(24-2,25-3)26-4/h5-6,8-12,15,22H,1,7,13-14,16-18H2,2-4H3. The van der Waals surface area contributed by atoms with E-state index in [4.69, 9.17) is 18.3 Å². The van der Waals surface area contributed by atoms with Gasteiger partial charge in [0.2, 0.25) is 0 Å². The quantitative estimate of drug-likeness (QED) is 0.412. The minimum Gasteiger partial charge on any atom is -0.377 e. The highest BCUT2D eigenvalue weighted by Crippen LogP contribution is 2.29. The fourth-order valence-electron chi connectivity index (χ4n) is 3.35. The van der Waals surface area contributed by atoms with E-state index in [1.807, 2.05) is 18.4 Å². The maximum atomic E-state index is 5.52. The first-order chi connectivity index (χ1) is 13.1. The van der Waals surface area contributed by atoms with Gasteiger partial charge < -0.3 is 18.6 Å². The first-order valence-electron chi connectivity index (χ1n) is 9.41. The monoisotopic (exact) mass is 388 g/mol. The van der Waals surface area contributed by atoms with E-state index >= 15 is 0 Å². The molecule has 0 bridgehead atoms. The largest absolute Gasteiger partial charge is 0.500 e. The Labute approximate surface area is 164 Å². The molecule has 0 amide bonds. The SMILES string of the molecule is C=Cc1ccc(CNCCC2(CCC[Si](OC)(OC)OC)C=CC=N2)cc1. The first-order valence-corrected chi connectivity index (χ1v) is 11.3. The summed E-state index contributed by atoms with van der Waals surface area (Å²) in [6.07, 6.45) is 10.9. The Balaban J connectivity index is 1.79. The van der Waals surface area contributed by atoms with E-state index < -0.39 is 8.80 Å². The van der Waals surface area contributed by atoms with Crippen molar-refractivity contribution < 1.29 is 13.3 Å². The molecule has 1 aromatic rings. The molecule has 0 radical (unpaired) electrons. The van der Waals surface area contributed by atoms with Crippen LogP contribution in [0.4, 0.5) is 0 Å². The van der Waals surface area contributed by atoms with Crippen molar-refractivity contribution in [3.05, 3.63) is 54.1 Å². The molecule has 0 fully saturated rings. The average molecular weight is 389 g/mol. The predicted octanol–water partition coefficient (Wildman–Crippen LogP) is 3.85. The molecule has 1 N–H and O–H groups in total. The van der Waals surface area contributed by atoms with Crippen LogP contribution in [0.5, 0.6) is 0 Å². The maximum Gasteiger partial charge on any atom is 0.500 e. The van der Waals surface area contributed by atoms with Gasteiger partial charge in [0, 0.05) is 40.1 Å². The van der Waals surface area contributed by atoms with E-state index in [0.29, 0.717) is 0 Å². The number of rotatable bonds is 13. The molecule has 0 saturated carbocycles. The lowest BCUT2D eigenvalue weighted by molar-refractivity contribution is 0.122. The normalized spacial score (nSPS) is 18.9. The van der Waals surface area contributed by atoms with Crippen LogP contribution >= 0.6 is 0 Å². The number of nitrogens with zero attached hydrogens (tertiary/aromatic N) is 1. The number of hydrogen-bond donors (Lipinski definition) is 1. The molecule has 6 heteroatoms. The van der Waals surface area contributed by atoms with Gasteiger partial charge in [0.05, 0.1) is 5.54 Å². The molecular weight excluding hydrogens is 356 g/mol. The fourth-order valence-corrected chi connectivity index (χ4v) is 5.08. The lowest BCUT2D eigenvalue weighted by atomic mass is 9.91. The summed E-state index contributed by atoms with van der Waals surface area (Å²) in [4.78, 5) is 4.74. The summed E-state index contributed by atoms with van der Waals surface area (Å²) >= 11 is 0. The molecule has 1 aliphatic heterocycles. The summed E-state index contributed by atoms with van der Waals surface area (Å²) in [7, 11) is 2.47. The first kappa shape index (κ1) is 21.7. The second-order valence-corrected chi connectivity index (χ2v) is 9.85. The van der Waals surface area contributed by atoms with E-state index in [1.54, 1.807) is 21.3 Å². The van der Waals surface area contributed by atoms with Crippen LogP contribution in [-0.4, -0.2) is 48.4 Å². The highest BCUT2D eigenvalue weighted by Gasteiger charge is 2.38. The number of aliphatic imine (C=N–C) groups is 1. The van der Waals surface area contributed by atoms with Gasteiger partial charge in [0.1, 0.15) is 0 Å². The topological polar surface area (TPSA) is 52.1 Å². The second kappa shape index (κ2) is 10.7. The summed E-state index contributed by atoms with van der Waals surface area (Å²) in [5.74, 6) is 0. The van der Waals surface area contributed by atoms with Gasteiger partial charge in [0.15, 0.2) is 0 Å². The summed E-state index contributed by atoms with van der Waals surface area (Å²) in [6.45, 7) is 5.55. The van der Waals surface area contributed by atoms with Gasteiger partial charge in [0.25, 0.3) is 0 Å². The van der Waals surface area contributed by atoms with Crippen molar-refractivity contribution in [3.63, 3.8) is 0 Å². The van der Waals surface area contributed by atoms with Crippen molar-refractivity contribution in [3.8, 4) is 0 Å². The lowest BCUT2D eigenvalue weighted by Crippen LogP contribution is -2.43. The van der Waals surface area contributed by atoms with Gasteiger partial charge in [-0.2, -0.15) is 0 Å². The Hall–Kier alpha value is -1.57. The summed E-state index contributed by atoms with van der Waals surface area (Å²) in [6, 6.07) is 9.25. The zero-order valence-corrected chi connectivity index (χ0v) is 17.7. The van der Waals surface area contributed by atoms with Crippen molar-refractivity contribution in [2.24, 2.45) is 4.99 Å². The smallest absolute Gasteiger partial charge is 0.377 e. The highest BCUT2D eigenvalue weighted by atomic mass is 28.4. The Bertz CT molecular complexity index is 619. The molecule has 0 aromatic heterocycles. The number of hydrogen-bond acceptors (Lipinski definition) is 5. The highest BCUT2D eigenvalue weighted by molar-refractivity contribution is 6.60. The predicted molar refractivity (Wildman–Crippen MR) is 114 cm³/mol. The van der Waals surface area contributed by atoms with E-state index in [0.717, 1.165) is 44.0 Å². The Morgan fingerprint density at radius 2 is 1.81 bits per heavy atom. The van der Waals surface area contributed by atoms with Crippen LogP contribution < -0.4 is 5.32 Å². The minimum absolute atomic E-state index is 0.130. The molecule has 1 unspecified atom stereocenters. The molecule has 0 saturated heterocycles. The van der Waals surface area contributed by atoms with Crippen molar-refractivity contribution in [2.75, 3.05) is 27.9 Å². The van der Waals surface area contributed by atoms with Gasteiger partial charge in [-0.1, -0.05) is 43.0 Å². The van der Waals surface area contributed by atoms with Crippen LogP contribution in [0.2, 0.25) is 6.04 Å². The van der Waals surface area contributed by atoms with E-state index in [2.05, 4.69) is 42.2 Å².